The van der Waals surface area contributed by atoms with E-state index >= 15 is 0 Å². The first kappa shape index (κ1) is 21.3. The van der Waals surface area contributed by atoms with E-state index in [-0.39, 0.29) is 10.8 Å². The van der Waals surface area contributed by atoms with Crippen LogP contribution in [0.15, 0.2) is 29.2 Å². The van der Waals surface area contributed by atoms with E-state index in [0.717, 1.165) is 19.3 Å². The third-order valence-corrected chi connectivity index (χ3v) is 8.04. The quantitative estimate of drug-likeness (QED) is 0.738. The zero-order valence-corrected chi connectivity index (χ0v) is 18.2. The van der Waals surface area contributed by atoms with E-state index in [2.05, 4.69) is 13.8 Å². The SMILES string of the molecule is CCN(C(=O)c1ccc(S(=O)(=O)N2CC(C)CC(C)C2)cc1)C1CCCCC1. The highest BCUT2D eigenvalue weighted by Gasteiger charge is 2.32. The van der Waals surface area contributed by atoms with Crippen LogP contribution < -0.4 is 0 Å². The molecule has 2 atom stereocenters. The zero-order chi connectivity index (χ0) is 20.3. The lowest BCUT2D eigenvalue weighted by molar-refractivity contribution is 0.0648. The number of carbonyl (C=O) groups is 1. The topological polar surface area (TPSA) is 57.7 Å². The predicted octanol–water partition coefficient (Wildman–Crippen LogP) is 4.15. The van der Waals surface area contributed by atoms with E-state index in [0.29, 0.717) is 43.1 Å². The minimum atomic E-state index is -3.51. The number of carbonyl (C=O) groups excluding carboxylic acids is 1. The van der Waals surface area contributed by atoms with Crippen molar-refractivity contribution in [1.82, 2.24) is 9.21 Å². The van der Waals surface area contributed by atoms with Gasteiger partial charge >= 0.3 is 0 Å². The van der Waals surface area contributed by atoms with Crippen molar-refractivity contribution in [3.63, 3.8) is 0 Å². The van der Waals surface area contributed by atoms with Gasteiger partial charge in [0, 0.05) is 31.2 Å². The summed E-state index contributed by atoms with van der Waals surface area (Å²) in [6.45, 7) is 8.05. The number of amides is 1. The van der Waals surface area contributed by atoms with Crippen LogP contribution in [-0.4, -0.2) is 49.2 Å². The second kappa shape index (κ2) is 8.95. The van der Waals surface area contributed by atoms with Crippen molar-refractivity contribution < 1.29 is 13.2 Å². The predicted molar refractivity (Wildman–Crippen MR) is 112 cm³/mol. The van der Waals surface area contributed by atoms with Crippen LogP contribution in [0, 0.1) is 11.8 Å². The molecule has 1 aliphatic carbocycles. The first-order chi connectivity index (χ1) is 13.3. The van der Waals surface area contributed by atoms with Crippen LogP contribution in [0.2, 0.25) is 0 Å². The molecule has 1 heterocycles. The first-order valence-electron chi connectivity index (χ1n) is 10.7. The van der Waals surface area contributed by atoms with Crippen LogP contribution in [0.25, 0.3) is 0 Å². The molecule has 28 heavy (non-hydrogen) atoms. The van der Waals surface area contributed by atoms with E-state index in [9.17, 15) is 13.2 Å². The van der Waals surface area contributed by atoms with Gasteiger partial charge in [-0.1, -0.05) is 33.1 Å². The number of hydrogen-bond donors (Lipinski definition) is 0. The molecule has 3 rings (SSSR count). The van der Waals surface area contributed by atoms with Gasteiger partial charge in [0.15, 0.2) is 0 Å². The Morgan fingerprint density at radius 1 is 1.04 bits per heavy atom. The molecule has 2 aliphatic rings. The van der Waals surface area contributed by atoms with Gasteiger partial charge in [-0.15, -0.1) is 0 Å². The fourth-order valence-electron chi connectivity index (χ4n) is 4.85. The summed E-state index contributed by atoms with van der Waals surface area (Å²) in [5.41, 5.74) is 0.576. The van der Waals surface area contributed by atoms with Gasteiger partial charge in [-0.05, 0) is 62.3 Å². The van der Waals surface area contributed by atoms with Crippen molar-refractivity contribution in [3.05, 3.63) is 29.8 Å². The Labute approximate surface area is 170 Å². The molecule has 1 aliphatic heterocycles. The monoisotopic (exact) mass is 406 g/mol. The molecule has 1 amide bonds. The Morgan fingerprint density at radius 2 is 1.61 bits per heavy atom. The molecular weight excluding hydrogens is 372 g/mol. The summed E-state index contributed by atoms with van der Waals surface area (Å²) in [5.74, 6) is 0.750. The Bertz CT molecular complexity index is 759. The molecule has 5 nitrogen and oxygen atoms in total. The normalized spacial score (nSPS) is 24.8. The minimum absolute atomic E-state index is 0.0126. The molecule has 1 saturated carbocycles. The van der Waals surface area contributed by atoms with Gasteiger partial charge in [-0.2, -0.15) is 4.31 Å². The largest absolute Gasteiger partial charge is 0.336 e. The van der Waals surface area contributed by atoms with Gasteiger partial charge in [0.25, 0.3) is 5.91 Å². The Hall–Kier alpha value is -1.40. The molecule has 2 unspecified atom stereocenters. The molecular formula is C22H34N2O3S. The molecule has 0 N–H and O–H groups in total. The third kappa shape index (κ3) is 4.60. The highest BCUT2D eigenvalue weighted by atomic mass is 32.2. The summed E-state index contributed by atoms with van der Waals surface area (Å²) < 4.78 is 27.7. The van der Waals surface area contributed by atoms with Gasteiger partial charge < -0.3 is 4.90 Å². The summed E-state index contributed by atoms with van der Waals surface area (Å²) in [4.78, 5) is 15.2. The maximum absolute atomic E-state index is 13.0. The second-order valence-electron chi connectivity index (χ2n) is 8.68. The van der Waals surface area contributed by atoms with E-state index in [1.165, 1.54) is 19.3 Å². The van der Waals surface area contributed by atoms with Gasteiger partial charge in [0.05, 0.1) is 4.90 Å². The molecule has 0 bridgehead atoms. The van der Waals surface area contributed by atoms with Gasteiger partial charge in [0.1, 0.15) is 0 Å². The molecule has 1 saturated heterocycles. The lowest BCUT2D eigenvalue weighted by atomic mass is 9.93. The van der Waals surface area contributed by atoms with Crippen molar-refractivity contribution in [1.29, 1.82) is 0 Å². The van der Waals surface area contributed by atoms with Crippen LogP contribution in [0.3, 0.4) is 0 Å². The van der Waals surface area contributed by atoms with Crippen molar-refractivity contribution in [3.8, 4) is 0 Å². The first-order valence-corrected chi connectivity index (χ1v) is 12.2. The van der Waals surface area contributed by atoms with Gasteiger partial charge in [-0.3, -0.25) is 4.79 Å². The molecule has 2 fully saturated rings. The molecule has 0 radical (unpaired) electrons. The van der Waals surface area contributed by atoms with Crippen LogP contribution >= 0.6 is 0 Å². The Balaban J connectivity index is 1.75. The van der Waals surface area contributed by atoms with Crippen molar-refractivity contribution >= 4 is 15.9 Å². The van der Waals surface area contributed by atoms with Crippen molar-refractivity contribution in [2.75, 3.05) is 19.6 Å². The van der Waals surface area contributed by atoms with E-state index in [1.807, 2.05) is 11.8 Å². The van der Waals surface area contributed by atoms with Crippen molar-refractivity contribution in [2.45, 2.75) is 70.2 Å². The number of sulfonamides is 1. The van der Waals surface area contributed by atoms with E-state index in [4.69, 9.17) is 0 Å². The Kier molecular flexibility index (Phi) is 6.81. The zero-order valence-electron chi connectivity index (χ0n) is 17.4. The number of hydrogen-bond acceptors (Lipinski definition) is 3. The molecule has 1 aromatic rings. The van der Waals surface area contributed by atoms with Gasteiger partial charge in [-0.25, -0.2) is 8.42 Å². The van der Waals surface area contributed by atoms with Crippen LogP contribution in [-0.2, 0) is 10.0 Å². The molecule has 6 heteroatoms. The summed E-state index contributed by atoms with van der Waals surface area (Å²) in [7, 11) is -3.51. The minimum Gasteiger partial charge on any atom is -0.336 e. The lowest BCUT2D eigenvalue weighted by Gasteiger charge is -2.34. The maximum Gasteiger partial charge on any atom is 0.254 e. The average molecular weight is 407 g/mol. The number of nitrogens with zero attached hydrogens (tertiary/aromatic N) is 2. The summed E-state index contributed by atoms with van der Waals surface area (Å²) >= 11 is 0. The number of benzene rings is 1. The summed E-state index contributed by atoms with van der Waals surface area (Å²) in [6, 6.07) is 6.86. The average Bonchev–Trinajstić information content (AvgIpc) is 2.68. The van der Waals surface area contributed by atoms with Crippen LogP contribution in [0.5, 0.6) is 0 Å². The van der Waals surface area contributed by atoms with Crippen LogP contribution in [0.1, 0.15) is 69.7 Å². The summed E-state index contributed by atoms with van der Waals surface area (Å²) in [5, 5.41) is 0. The van der Waals surface area contributed by atoms with Crippen molar-refractivity contribution in [2.24, 2.45) is 11.8 Å². The van der Waals surface area contributed by atoms with Gasteiger partial charge in [0.2, 0.25) is 10.0 Å². The molecule has 156 valence electrons. The molecule has 1 aromatic carbocycles. The highest BCUT2D eigenvalue weighted by molar-refractivity contribution is 7.89. The number of piperidine rings is 1. The molecule has 0 spiro atoms. The van der Waals surface area contributed by atoms with E-state index < -0.39 is 10.0 Å². The van der Waals surface area contributed by atoms with E-state index in [1.54, 1.807) is 28.6 Å². The lowest BCUT2D eigenvalue weighted by Crippen LogP contribution is -2.42. The second-order valence-corrected chi connectivity index (χ2v) is 10.6. The fraction of sp³-hybridized carbons (Fsp3) is 0.682. The third-order valence-electron chi connectivity index (χ3n) is 6.19. The Morgan fingerprint density at radius 3 is 2.14 bits per heavy atom. The number of rotatable bonds is 5. The van der Waals surface area contributed by atoms with Crippen LogP contribution in [0.4, 0.5) is 0 Å². The smallest absolute Gasteiger partial charge is 0.254 e. The molecule has 0 aromatic heterocycles. The summed E-state index contributed by atoms with van der Waals surface area (Å²) in [6.07, 6.45) is 6.81. The fourth-order valence-corrected chi connectivity index (χ4v) is 6.53. The standard InChI is InChI=1S/C22H34N2O3S/c1-4-24(20-8-6-5-7-9-20)22(25)19-10-12-21(13-11-19)28(26,27)23-15-17(2)14-18(3)16-23/h10-13,17-18,20H,4-9,14-16H2,1-3H3. The highest BCUT2D eigenvalue weighted by Crippen LogP contribution is 2.28. The maximum atomic E-state index is 13.0.